The first-order valence-corrected chi connectivity index (χ1v) is 6.82. The third-order valence-electron chi connectivity index (χ3n) is 3.86. The van der Waals surface area contributed by atoms with Crippen LogP contribution >= 0.6 is 0 Å². The second-order valence-electron chi connectivity index (χ2n) is 5.24. The van der Waals surface area contributed by atoms with Crippen molar-refractivity contribution in [3.8, 4) is 0 Å². The van der Waals surface area contributed by atoms with Crippen LogP contribution in [0, 0.1) is 5.92 Å². The van der Waals surface area contributed by atoms with Crippen molar-refractivity contribution in [2.75, 3.05) is 0 Å². The van der Waals surface area contributed by atoms with Crippen LogP contribution in [0.25, 0.3) is 0 Å². The maximum absolute atomic E-state index is 12.5. The Morgan fingerprint density at radius 3 is 2.79 bits per heavy atom. The van der Waals surface area contributed by atoms with Gasteiger partial charge in [0.2, 0.25) is 0 Å². The topological polar surface area (TPSA) is 34.9 Å². The van der Waals surface area contributed by atoms with Crippen molar-refractivity contribution in [1.29, 1.82) is 0 Å². The van der Waals surface area contributed by atoms with Crippen molar-refractivity contribution >= 4 is 5.78 Å². The van der Waals surface area contributed by atoms with Crippen LogP contribution in [-0.4, -0.2) is 15.6 Å². The minimum atomic E-state index is 0.150. The maximum Gasteiger partial charge on any atom is 0.170 e. The highest BCUT2D eigenvalue weighted by Crippen LogP contribution is 2.49. The Hall–Kier alpha value is -1.90. The van der Waals surface area contributed by atoms with Crippen LogP contribution in [0.1, 0.15) is 40.9 Å². The number of nitrogens with zero attached hydrogens (tertiary/aromatic N) is 2. The van der Waals surface area contributed by atoms with Gasteiger partial charge in [0.1, 0.15) is 0 Å². The van der Waals surface area contributed by atoms with Crippen molar-refractivity contribution in [2.45, 2.75) is 25.7 Å². The molecular weight excluding hydrogens is 236 g/mol. The molecule has 0 spiro atoms. The molecule has 0 N–H and O–H groups in total. The van der Waals surface area contributed by atoms with Gasteiger partial charge in [0.05, 0.1) is 11.3 Å². The van der Waals surface area contributed by atoms with Gasteiger partial charge in [-0.1, -0.05) is 37.3 Å². The summed E-state index contributed by atoms with van der Waals surface area (Å²) in [5, 5.41) is 4.35. The number of carbonyl (C=O) groups excluding carboxylic acids is 1. The zero-order valence-corrected chi connectivity index (χ0v) is 11.3. The Labute approximate surface area is 113 Å². The quantitative estimate of drug-likeness (QED) is 0.786. The summed E-state index contributed by atoms with van der Waals surface area (Å²) in [5.74, 6) is 0.814. The number of benzene rings is 1. The molecule has 3 nitrogen and oxygen atoms in total. The minimum Gasteiger partial charge on any atom is -0.294 e. The van der Waals surface area contributed by atoms with Crippen LogP contribution in [0.4, 0.5) is 0 Å². The molecule has 3 rings (SSSR count). The summed E-state index contributed by atoms with van der Waals surface area (Å²) in [5.41, 5.74) is 3.02. The zero-order chi connectivity index (χ0) is 13.4. The molecule has 1 fully saturated rings. The van der Waals surface area contributed by atoms with Crippen molar-refractivity contribution < 1.29 is 4.79 Å². The van der Waals surface area contributed by atoms with E-state index in [-0.39, 0.29) is 11.7 Å². The Morgan fingerprint density at radius 2 is 2.11 bits per heavy atom. The standard InChI is InChI=1S/C16H18N2O/c1-3-15-14(10-18(2)17-15)16(19)13-9-12(13)11-7-5-4-6-8-11/h4-8,10,12-13H,3,9H2,1-2H3. The molecule has 1 aliphatic carbocycles. The molecule has 0 saturated heterocycles. The van der Waals surface area contributed by atoms with Gasteiger partial charge in [0.15, 0.2) is 5.78 Å². The molecule has 0 radical (unpaired) electrons. The summed E-state index contributed by atoms with van der Waals surface area (Å²) in [6.45, 7) is 2.04. The molecule has 1 aromatic carbocycles. The lowest BCUT2D eigenvalue weighted by Crippen LogP contribution is -2.05. The average molecular weight is 254 g/mol. The fourth-order valence-corrected chi connectivity index (χ4v) is 2.75. The number of aromatic nitrogens is 2. The SMILES string of the molecule is CCc1nn(C)cc1C(=O)C1CC1c1ccccc1. The third-order valence-corrected chi connectivity index (χ3v) is 3.86. The molecule has 2 unspecified atom stereocenters. The lowest BCUT2D eigenvalue weighted by atomic mass is 10.0. The molecule has 0 aliphatic heterocycles. The van der Waals surface area contributed by atoms with Crippen molar-refractivity contribution in [3.63, 3.8) is 0 Å². The summed E-state index contributed by atoms with van der Waals surface area (Å²) in [6.07, 6.45) is 3.65. The first kappa shape index (κ1) is 12.2. The van der Waals surface area contributed by atoms with Gasteiger partial charge in [-0.3, -0.25) is 9.48 Å². The zero-order valence-electron chi connectivity index (χ0n) is 11.3. The van der Waals surface area contributed by atoms with E-state index >= 15 is 0 Å². The molecule has 1 heterocycles. The molecule has 98 valence electrons. The predicted octanol–water partition coefficient (Wildman–Crippen LogP) is 2.97. The summed E-state index contributed by atoms with van der Waals surface area (Å²) < 4.78 is 1.74. The smallest absolute Gasteiger partial charge is 0.170 e. The number of aryl methyl sites for hydroxylation is 2. The van der Waals surface area contributed by atoms with Gasteiger partial charge >= 0.3 is 0 Å². The molecule has 0 bridgehead atoms. The van der Waals surface area contributed by atoms with E-state index in [9.17, 15) is 4.79 Å². The van der Waals surface area contributed by atoms with E-state index in [1.165, 1.54) is 5.56 Å². The van der Waals surface area contributed by atoms with Gasteiger partial charge in [0.25, 0.3) is 0 Å². The molecule has 1 aromatic heterocycles. The van der Waals surface area contributed by atoms with E-state index in [1.54, 1.807) is 4.68 Å². The van der Waals surface area contributed by atoms with Crippen LogP contribution in [0.2, 0.25) is 0 Å². The maximum atomic E-state index is 12.5. The van der Waals surface area contributed by atoms with Gasteiger partial charge in [-0.05, 0) is 24.3 Å². The van der Waals surface area contributed by atoms with Gasteiger partial charge < -0.3 is 0 Å². The average Bonchev–Trinajstić information content (AvgIpc) is 3.15. The number of carbonyl (C=O) groups is 1. The summed E-state index contributed by atoms with van der Waals surface area (Å²) in [6, 6.07) is 10.3. The van der Waals surface area contributed by atoms with Crippen LogP contribution in [0.5, 0.6) is 0 Å². The van der Waals surface area contributed by atoms with Gasteiger partial charge in [-0.15, -0.1) is 0 Å². The number of hydrogen-bond donors (Lipinski definition) is 0. The molecule has 1 saturated carbocycles. The number of hydrogen-bond acceptors (Lipinski definition) is 2. The normalized spacial score (nSPS) is 21.4. The van der Waals surface area contributed by atoms with Crippen LogP contribution in [-0.2, 0) is 13.5 Å². The lowest BCUT2D eigenvalue weighted by Gasteiger charge is -2.00. The number of ketones is 1. The van der Waals surface area contributed by atoms with E-state index in [0.29, 0.717) is 5.92 Å². The summed E-state index contributed by atoms with van der Waals surface area (Å²) in [7, 11) is 1.87. The van der Waals surface area contributed by atoms with E-state index in [4.69, 9.17) is 0 Å². The monoisotopic (exact) mass is 254 g/mol. The number of Topliss-reactive ketones (excluding diaryl/α,β-unsaturated/α-hetero) is 1. The van der Waals surface area contributed by atoms with E-state index in [2.05, 4.69) is 17.2 Å². The number of rotatable bonds is 4. The summed E-state index contributed by atoms with van der Waals surface area (Å²) in [4.78, 5) is 12.5. The Balaban J connectivity index is 1.80. The molecule has 2 aromatic rings. The predicted molar refractivity (Wildman–Crippen MR) is 74.2 cm³/mol. The largest absolute Gasteiger partial charge is 0.294 e. The Morgan fingerprint density at radius 1 is 1.37 bits per heavy atom. The Kier molecular flexibility index (Phi) is 2.97. The molecule has 2 atom stereocenters. The molecule has 3 heteroatoms. The van der Waals surface area contributed by atoms with Crippen LogP contribution < -0.4 is 0 Å². The first-order valence-electron chi connectivity index (χ1n) is 6.82. The van der Waals surface area contributed by atoms with E-state index < -0.39 is 0 Å². The Bertz CT molecular complexity index is 600. The molecule has 1 aliphatic rings. The van der Waals surface area contributed by atoms with Gasteiger partial charge in [0, 0.05) is 19.2 Å². The van der Waals surface area contributed by atoms with E-state index in [1.807, 2.05) is 38.4 Å². The molecular formula is C16H18N2O. The van der Waals surface area contributed by atoms with Crippen molar-refractivity contribution in [3.05, 3.63) is 53.3 Å². The highest BCUT2D eigenvalue weighted by atomic mass is 16.1. The fourth-order valence-electron chi connectivity index (χ4n) is 2.75. The van der Waals surface area contributed by atoms with Crippen molar-refractivity contribution in [1.82, 2.24) is 9.78 Å². The highest BCUT2D eigenvalue weighted by Gasteiger charge is 2.44. The third kappa shape index (κ3) is 2.21. The fraction of sp³-hybridized carbons (Fsp3) is 0.375. The van der Waals surface area contributed by atoms with E-state index in [0.717, 1.165) is 24.1 Å². The van der Waals surface area contributed by atoms with Crippen LogP contribution in [0.3, 0.4) is 0 Å². The van der Waals surface area contributed by atoms with Crippen LogP contribution in [0.15, 0.2) is 36.5 Å². The van der Waals surface area contributed by atoms with Crippen molar-refractivity contribution in [2.24, 2.45) is 13.0 Å². The minimum absolute atomic E-state index is 0.150. The molecule has 19 heavy (non-hydrogen) atoms. The van der Waals surface area contributed by atoms with Gasteiger partial charge in [-0.2, -0.15) is 5.10 Å². The second kappa shape index (κ2) is 4.65. The highest BCUT2D eigenvalue weighted by molar-refractivity contribution is 6.01. The second-order valence-corrected chi connectivity index (χ2v) is 5.24. The molecule has 0 amide bonds. The first-order chi connectivity index (χ1) is 9.20. The summed E-state index contributed by atoms with van der Waals surface area (Å²) >= 11 is 0. The lowest BCUT2D eigenvalue weighted by molar-refractivity contribution is 0.0964. The van der Waals surface area contributed by atoms with Gasteiger partial charge in [-0.25, -0.2) is 0 Å².